The molecule has 0 bridgehead atoms. The maximum Gasteiger partial charge on any atom is 0.0414 e. The van der Waals surface area contributed by atoms with E-state index in [1.54, 1.807) is 0 Å². The molecule has 0 aromatic rings. The van der Waals surface area contributed by atoms with Crippen LogP contribution >= 0.6 is 12.6 Å². The van der Waals surface area contributed by atoms with Gasteiger partial charge in [0.05, 0.1) is 0 Å². The SMILES string of the molecule is [O-]N1CCCCC1S. The molecule has 0 aromatic heterocycles. The Morgan fingerprint density at radius 2 is 2.25 bits per heavy atom. The lowest BCUT2D eigenvalue weighted by Crippen LogP contribution is -2.30. The van der Waals surface area contributed by atoms with Crippen molar-refractivity contribution < 1.29 is 0 Å². The van der Waals surface area contributed by atoms with Gasteiger partial charge in [0.15, 0.2) is 0 Å². The molecular weight excluding hydrogens is 122 g/mol. The van der Waals surface area contributed by atoms with Gasteiger partial charge < -0.3 is 10.3 Å². The molecule has 2 nitrogen and oxygen atoms in total. The van der Waals surface area contributed by atoms with E-state index in [1.807, 2.05) is 0 Å². The van der Waals surface area contributed by atoms with E-state index in [4.69, 9.17) is 0 Å². The van der Waals surface area contributed by atoms with Gasteiger partial charge in [0.1, 0.15) is 0 Å². The first-order valence-corrected chi connectivity index (χ1v) is 3.44. The van der Waals surface area contributed by atoms with Crippen molar-refractivity contribution in [3.63, 3.8) is 0 Å². The van der Waals surface area contributed by atoms with Gasteiger partial charge in [-0.05, 0) is 25.8 Å². The van der Waals surface area contributed by atoms with Crippen LogP contribution in [0.3, 0.4) is 0 Å². The first-order chi connectivity index (χ1) is 3.80. The van der Waals surface area contributed by atoms with Crippen molar-refractivity contribution in [2.24, 2.45) is 0 Å². The molecule has 0 aliphatic carbocycles. The zero-order valence-corrected chi connectivity index (χ0v) is 5.60. The van der Waals surface area contributed by atoms with Crippen LogP contribution < -0.4 is 0 Å². The monoisotopic (exact) mass is 132 g/mol. The Labute approximate surface area is 54.9 Å². The molecule has 1 atom stereocenters. The Morgan fingerprint density at radius 1 is 1.50 bits per heavy atom. The highest BCUT2D eigenvalue weighted by atomic mass is 32.1. The van der Waals surface area contributed by atoms with E-state index in [0.717, 1.165) is 24.3 Å². The molecule has 1 rings (SSSR count). The Morgan fingerprint density at radius 3 is 2.62 bits per heavy atom. The van der Waals surface area contributed by atoms with Crippen molar-refractivity contribution in [1.29, 1.82) is 0 Å². The fourth-order valence-electron chi connectivity index (χ4n) is 0.888. The van der Waals surface area contributed by atoms with Gasteiger partial charge in [0.25, 0.3) is 0 Å². The van der Waals surface area contributed by atoms with Crippen LogP contribution in [-0.2, 0) is 0 Å². The van der Waals surface area contributed by atoms with Crippen molar-refractivity contribution in [1.82, 2.24) is 5.06 Å². The third-order valence-electron chi connectivity index (χ3n) is 1.42. The van der Waals surface area contributed by atoms with Crippen molar-refractivity contribution in [3.8, 4) is 0 Å². The zero-order chi connectivity index (χ0) is 5.98. The summed E-state index contributed by atoms with van der Waals surface area (Å²) in [5.41, 5.74) is 0. The normalized spacial score (nSPS) is 33.0. The highest BCUT2D eigenvalue weighted by Crippen LogP contribution is 2.17. The molecule has 0 N–H and O–H groups in total. The maximum atomic E-state index is 10.6. The largest absolute Gasteiger partial charge is 0.784 e. The summed E-state index contributed by atoms with van der Waals surface area (Å²) < 4.78 is 0. The second-order valence-corrected chi connectivity index (χ2v) is 2.71. The van der Waals surface area contributed by atoms with Crippen molar-refractivity contribution in [2.75, 3.05) is 6.54 Å². The smallest absolute Gasteiger partial charge is 0.0414 e. The van der Waals surface area contributed by atoms with Gasteiger partial charge in [-0.3, -0.25) is 0 Å². The van der Waals surface area contributed by atoms with Crippen molar-refractivity contribution >= 4 is 12.6 Å². The molecule has 0 saturated carbocycles. The van der Waals surface area contributed by atoms with Gasteiger partial charge in [-0.25, -0.2) is 0 Å². The van der Waals surface area contributed by atoms with Crippen LogP contribution in [0.5, 0.6) is 0 Å². The van der Waals surface area contributed by atoms with E-state index in [1.165, 1.54) is 0 Å². The third-order valence-corrected chi connectivity index (χ3v) is 1.94. The second kappa shape index (κ2) is 2.71. The minimum absolute atomic E-state index is 0.0243. The first kappa shape index (κ1) is 6.39. The van der Waals surface area contributed by atoms with Crippen LogP contribution in [0.4, 0.5) is 0 Å². The molecule has 1 saturated heterocycles. The number of thiol groups is 1. The van der Waals surface area contributed by atoms with Gasteiger partial charge >= 0.3 is 0 Å². The zero-order valence-electron chi connectivity index (χ0n) is 4.71. The molecule has 48 valence electrons. The number of hydroxylamine groups is 2. The number of hydrogen-bond donors (Lipinski definition) is 1. The van der Waals surface area contributed by atoms with Crippen LogP contribution in [0.25, 0.3) is 0 Å². The first-order valence-electron chi connectivity index (χ1n) is 2.92. The van der Waals surface area contributed by atoms with E-state index < -0.39 is 0 Å². The van der Waals surface area contributed by atoms with Crippen molar-refractivity contribution in [3.05, 3.63) is 5.21 Å². The van der Waals surface area contributed by atoms with Crippen LogP contribution in [0, 0.1) is 5.21 Å². The maximum absolute atomic E-state index is 10.6. The molecule has 0 aromatic carbocycles. The summed E-state index contributed by atoms with van der Waals surface area (Å²) in [7, 11) is 0. The van der Waals surface area contributed by atoms with Crippen molar-refractivity contribution in [2.45, 2.75) is 24.6 Å². The number of rotatable bonds is 0. The van der Waals surface area contributed by atoms with Crippen LogP contribution in [0.15, 0.2) is 0 Å². The van der Waals surface area contributed by atoms with E-state index >= 15 is 0 Å². The summed E-state index contributed by atoms with van der Waals surface area (Å²) in [5, 5.41) is 11.7. The quantitative estimate of drug-likeness (QED) is 0.502. The predicted octanol–water partition coefficient (Wildman–Crippen LogP) is 1.23. The summed E-state index contributed by atoms with van der Waals surface area (Å²) in [6.45, 7) is 0.675. The van der Waals surface area contributed by atoms with Crippen LogP contribution in [0.1, 0.15) is 19.3 Å². The Kier molecular flexibility index (Phi) is 2.16. The summed E-state index contributed by atoms with van der Waals surface area (Å²) in [5.74, 6) is 0. The second-order valence-electron chi connectivity index (χ2n) is 2.12. The Hall–Kier alpha value is 0.270. The molecule has 0 amide bonds. The molecule has 1 aliphatic rings. The average Bonchev–Trinajstić information content (AvgIpc) is 1.77. The van der Waals surface area contributed by atoms with Gasteiger partial charge in [-0.1, -0.05) is 0 Å². The fourth-order valence-corrected chi connectivity index (χ4v) is 1.19. The fraction of sp³-hybridized carbons (Fsp3) is 1.00. The molecule has 8 heavy (non-hydrogen) atoms. The average molecular weight is 132 g/mol. The summed E-state index contributed by atoms with van der Waals surface area (Å²) in [6, 6.07) is 0. The molecule has 1 heterocycles. The van der Waals surface area contributed by atoms with Gasteiger partial charge in [0.2, 0.25) is 0 Å². The van der Waals surface area contributed by atoms with Gasteiger partial charge in [0, 0.05) is 5.37 Å². The van der Waals surface area contributed by atoms with Crippen LogP contribution in [0.2, 0.25) is 0 Å². The van der Waals surface area contributed by atoms with E-state index in [0.29, 0.717) is 6.54 Å². The van der Waals surface area contributed by atoms with Gasteiger partial charge in [-0.15, -0.1) is 0 Å². The molecule has 3 heteroatoms. The number of hydrogen-bond acceptors (Lipinski definition) is 3. The Balaban J connectivity index is 2.28. The third kappa shape index (κ3) is 1.37. The lowest BCUT2D eigenvalue weighted by Gasteiger charge is -2.37. The number of piperidine rings is 1. The standard InChI is InChI=1S/C5H10NOS/c7-6-4-2-1-3-5(6)8/h5,8H,1-4H2/q-1. The summed E-state index contributed by atoms with van der Waals surface area (Å²) in [6.07, 6.45) is 3.15. The summed E-state index contributed by atoms with van der Waals surface area (Å²) >= 11 is 4.07. The van der Waals surface area contributed by atoms with Gasteiger partial charge in [-0.2, -0.15) is 12.6 Å². The lowest BCUT2D eigenvalue weighted by molar-refractivity contribution is 0.286. The minimum Gasteiger partial charge on any atom is -0.784 e. The van der Waals surface area contributed by atoms with E-state index in [9.17, 15) is 5.21 Å². The highest BCUT2D eigenvalue weighted by Gasteiger charge is 2.09. The molecule has 1 aliphatic heterocycles. The molecule has 1 fully saturated rings. The Bertz CT molecular complexity index is 68.8. The summed E-state index contributed by atoms with van der Waals surface area (Å²) in [4.78, 5) is 0. The van der Waals surface area contributed by atoms with E-state index in [-0.39, 0.29) is 5.37 Å². The molecule has 0 radical (unpaired) electrons. The minimum atomic E-state index is -0.0243. The number of nitrogens with zero attached hydrogens (tertiary/aromatic N) is 1. The predicted molar refractivity (Wildman–Crippen MR) is 36.7 cm³/mol. The highest BCUT2D eigenvalue weighted by molar-refractivity contribution is 7.80. The molecule has 0 spiro atoms. The molecule has 1 unspecified atom stereocenters. The topological polar surface area (TPSA) is 26.3 Å². The van der Waals surface area contributed by atoms with E-state index in [2.05, 4.69) is 12.6 Å². The molecular formula is C5H10NOS-. The lowest BCUT2D eigenvalue weighted by atomic mass is 10.2. The van der Waals surface area contributed by atoms with Crippen LogP contribution in [-0.4, -0.2) is 17.0 Å².